The van der Waals surface area contributed by atoms with Gasteiger partial charge in [-0.15, -0.1) is 0 Å². The van der Waals surface area contributed by atoms with Gasteiger partial charge in [-0.1, -0.05) is 19.8 Å². The molecule has 142 valence electrons. The molecular formula is C20H28FN3O2. The number of hydrogen-bond acceptors (Lipinski definition) is 3. The van der Waals surface area contributed by atoms with E-state index in [-0.39, 0.29) is 23.7 Å². The highest BCUT2D eigenvalue weighted by Gasteiger charge is 2.27. The number of amides is 2. The zero-order valence-electron chi connectivity index (χ0n) is 15.6. The van der Waals surface area contributed by atoms with E-state index < -0.39 is 0 Å². The summed E-state index contributed by atoms with van der Waals surface area (Å²) < 4.78 is 14.3. The monoisotopic (exact) mass is 361 g/mol. The number of ketones is 1. The number of urea groups is 1. The molecule has 1 saturated carbocycles. The van der Waals surface area contributed by atoms with Gasteiger partial charge in [0.15, 0.2) is 5.78 Å². The second-order valence-electron chi connectivity index (χ2n) is 7.51. The van der Waals surface area contributed by atoms with Crippen molar-refractivity contribution in [3.63, 3.8) is 0 Å². The summed E-state index contributed by atoms with van der Waals surface area (Å²) in [5.41, 5.74) is 0.877. The predicted molar refractivity (Wildman–Crippen MR) is 100 cm³/mol. The van der Waals surface area contributed by atoms with Crippen molar-refractivity contribution in [2.24, 2.45) is 5.92 Å². The molecule has 1 N–H and O–H groups in total. The smallest absolute Gasteiger partial charge is 0.317 e. The molecule has 1 aromatic carbocycles. The molecule has 2 fully saturated rings. The first-order valence-corrected chi connectivity index (χ1v) is 9.56. The number of anilines is 1. The zero-order chi connectivity index (χ0) is 18.7. The lowest BCUT2D eigenvalue weighted by Crippen LogP contribution is -2.54. The summed E-state index contributed by atoms with van der Waals surface area (Å²) in [6, 6.07) is 4.87. The minimum atomic E-state index is -0.383. The summed E-state index contributed by atoms with van der Waals surface area (Å²) >= 11 is 0. The fourth-order valence-electron chi connectivity index (χ4n) is 3.91. The van der Waals surface area contributed by atoms with Gasteiger partial charge in [-0.05, 0) is 43.9 Å². The Bertz CT molecular complexity index is 671. The van der Waals surface area contributed by atoms with Crippen LogP contribution in [0.25, 0.3) is 0 Å². The van der Waals surface area contributed by atoms with Gasteiger partial charge in [0, 0.05) is 37.8 Å². The standard InChI is InChI=1S/C20H28FN3O2/c1-14-5-3-4-6-18(14)22-20(26)24-11-9-23(10-12-24)19-8-7-16(15(2)25)13-17(19)21/h7-8,13-14,18H,3-6,9-12H2,1-2H3,(H,22,26). The molecule has 5 nitrogen and oxygen atoms in total. The molecule has 2 amide bonds. The number of piperazine rings is 1. The Morgan fingerprint density at radius 1 is 1.12 bits per heavy atom. The number of benzene rings is 1. The van der Waals surface area contributed by atoms with Crippen LogP contribution < -0.4 is 10.2 Å². The third-order valence-electron chi connectivity index (χ3n) is 5.68. The van der Waals surface area contributed by atoms with E-state index in [1.54, 1.807) is 12.1 Å². The van der Waals surface area contributed by atoms with E-state index in [0.29, 0.717) is 43.3 Å². The summed E-state index contributed by atoms with van der Waals surface area (Å²) in [5.74, 6) is 0.00314. The lowest BCUT2D eigenvalue weighted by Gasteiger charge is -2.38. The Morgan fingerprint density at radius 2 is 1.81 bits per heavy atom. The van der Waals surface area contributed by atoms with Gasteiger partial charge in [0.25, 0.3) is 0 Å². The minimum Gasteiger partial charge on any atom is -0.366 e. The van der Waals surface area contributed by atoms with Crippen molar-refractivity contribution in [2.75, 3.05) is 31.1 Å². The first-order chi connectivity index (χ1) is 12.5. The number of Topliss-reactive ketones (excluding diaryl/α,β-unsaturated/α-hetero) is 1. The summed E-state index contributed by atoms with van der Waals surface area (Å²) in [7, 11) is 0. The molecule has 1 aromatic rings. The molecule has 1 aliphatic carbocycles. The maximum absolute atomic E-state index is 14.3. The molecule has 0 spiro atoms. The molecule has 0 radical (unpaired) electrons. The second-order valence-corrected chi connectivity index (χ2v) is 7.51. The van der Waals surface area contributed by atoms with Crippen LogP contribution in [0.2, 0.25) is 0 Å². The van der Waals surface area contributed by atoms with Gasteiger partial charge in [0.2, 0.25) is 0 Å². The van der Waals surface area contributed by atoms with Crippen LogP contribution >= 0.6 is 0 Å². The van der Waals surface area contributed by atoms with E-state index in [1.165, 1.54) is 32.3 Å². The van der Waals surface area contributed by atoms with E-state index in [2.05, 4.69) is 12.2 Å². The van der Waals surface area contributed by atoms with Crippen molar-refractivity contribution in [3.8, 4) is 0 Å². The molecule has 2 aliphatic rings. The molecule has 2 unspecified atom stereocenters. The maximum atomic E-state index is 14.3. The van der Waals surface area contributed by atoms with Gasteiger partial charge in [0.1, 0.15) is 5.82 Å². The van der Waals surface area contributed by atoms with Crippen LogP contribution in [0, 0.1) is 11.7 Å². The number of carbonyl (C=O) groups excluding carboxylic acids is 2. The first kappa shape index (κ1) is 18.7. The Kier molecular flexibility index (Phi) is 5.79. The minimum absolute atomic E-state index is 0.00389. The van der Waals surface area contributed by atoms with Crippen molar-refractivity contribution < 1.29 is 14.0 Å². The summed E-state index contributed by atoms with van der Waals surface area (Å²) in [6.07, 6.45) is 4.66. The molecule has 0 bridgehead atoms. The first-order valence-electron chi connectivity index (χ1n) is 9.56. The molecule has 1 heterocycles. The number of halogens is 1. The van der Waals surface area contributed by atoms with E-state index in [4.69, 9.17) is 0 Å². The van der Waals surface area contributed by atoms with Gasteiger partial charge < -0.3 is 15.1 Å². The van der Waals surface area contributed by atoms with Crippen LogP contribution in [0.3, 0.4) is 0 Å². The van der Waals surface area contributed by atoms with Crippen LogP contribution in [0.4, 0.5) is 14.9 Å². The van der Waals surface area contributed by atoms with Crippen LogP contribution in [0.5, 0.6) is 0 Å². The average molecular weight is 361 g/mol. The molecule has 2 atom stereocenters. The highest BCUT2D eigenvalue weighted by molar-refractivity contribution is 5.94. The topological polar surface area (TPSA) is 52.7 Å². The lowest BCUT2D eigenvalue weighted by molar-refractivity contribution is 0.101. The fraction of sp³-hybridized carbons (Fsp3) is 0.600. The highest BCUT2D eigenvalue weighted by Crippen LogP contribution is 2.25. The Balaban J connectivity index is 1.55. The number of rotatable bonds is 3. The van der Waals surface area contributed by atoms with Crippen molar-refractivity contribution in [1.29, 1.82) is 0 Å². The Labute approximate surface area is 154 Å². The van der Waals surface area contributed by atoms with Gasteiger partial charge in [-0.25, -0.2) is 9.18 Å². The van der Waals surface area contributed by atoms with Gasteiger partial charge in [0.05, 0.1) is 5.69 Å². The second kappa shape index (κ2) is 8.06. The third kappa shape index (κ3) is 4.17. The fourth-order valence-corrected chi connectivity index (χ4v) is 3.91. The number of nitrogens with one attached hydrogen (secondary N) is 1. The van der Waals surface area contributed by atoms with Crippen molar-refractivity contribution >= 4 is 17.5 Å². The van der Waals surface area contributed by atoms with E-state index in [9.17, 15) is 14.0 Å². The predicted octanol–water partition coefficient (Wildman–Crippen LogP) is 3.44. The van der Waals surface area contributed by atoms with E-state index in [1.807, 2.05) is 9.80 Å². The van der Waals surface area contributed by atoms with Crippen LogP contribution in [0.15, 0.2) is 18.2 Å². The number of hydrogen-bond donors (Lipinski definition) is 1. The third-order valence-corrected chi connectivity index (χ3v) is 5.68. The molecule has 3 rings (SSSR count). The molecule has 1 aliphatic heterocycles. The average Bonchev–Trinajstić information content (AvgIpc) is 2.63. The SMILES string of the molecule is CC(=O)c1ccc(N2CCN(C(=O)NC3CCCCC3C)CC2)c(F)c1. The normalized spacial score (nSPS) is 23.7. The Morgan fingerprint density at radius 3 is 2.42 bits per heavy atom. The molecule has 26 heavy (non-hydrogen) atoms. The summed E-state index contributed by atoms with van der Waals surface area (Å²) in [6.45, 7) is 5.95. The van der Waals surface area contributed by atoms with Crippen LogP contribution in [-0.2, 0) is 0 Å². The van der Waals surface area contributed by atoms with Crippen molar-refractivity contribution in [2.45, 2.75) is 45.6 Å². The van der Waals surface area contributed by atoms with Crippen molar-refractivity contribution in [1.82, 2.24) is 10.2 Å². The number of carbonyl (C=O) groups is 2. The van der Waals surface area contributed by atoms with Gasteiger partial charge >= 0.3 is 6.03 Å². The lowest BCUT2D eigenvalue weighted by atomic mass is 9.86. The van der Waals surface area contributed by atoms with Crippen molar-refractivity contribution in [3.05, 3.63) is 29.6 Å². The summed E-state index contributed by atoms with van der Waals surface area (Å²) in [4.78, 5) is 27.6. The molecule has 0 aromatic heterocycles. The zero-order valence-corrected chi connectivity index (χ0v) is 15.6. The van der Waals surface area contributed by atoms with Gasteiger partial charge in [-0.3, -0.25) is 4.79 Å². The van der Waals surface area contributed by atoms with Gasteiger partial charge in [-0.2, -0.15) is 0 Å². The molecule has 6 heteroatoms. The van der Waals surface area contributed by atoms with E-state index in [0.717, 1.165) is 6.42 Å². The Hall–Kier alpha value is -2.11. The number of nitrogens with zero attached hydrogens (tertiary/aromatic N) is 2. The summed E-state index contributed by atoms with van der Waals surface area (Å²) in [5, 5.41) is 3.18. The maximum Gasteiger partial charge on any atom is 0.317 e. The molecular weight excluding hydrogens is 333 g/mol. The van der Waals surface area contributed by atoms with E-state index >= 15 is 0 Å². The highest BCUT2D eigenvalue weighted by atomic mass is 19.1. The molecule has 1 saturated heterocycles. The van der Waals surface area contributed by atoms with Crippen LogP contribution in [0.1, 0.15) is 49.9 Å². The largest absolute Gasteiger partial charge is 0.366 e. The van der Waals surface area contributed by atoms with Crippen LogP contribution in [-0.4, -0.2) is 48.9 Å². The quantitative estimate of drug-likeness (QED) is 0.839.